The third-order valence-corrected chi connectivity index (χ3v) is 8.94. The first-order valence-electron chi connectivity index (χ1n) is 12.8. The second-order valence-electron chi connectivity index (χ2n) is 11.3. The molecule has 1 atom stereocenters. The number of hydrogen-bond donors (Lipinski definition) is 0. The van der Waals surface area contributed by atoms with Crippen LogP contribution in [0.3, 0.4) is 0 Å². The summed E-state index contributed by atoms with van der Waals surface area (Å²) in [6, 6.07) is 17.8. The van der Waals surface area contributed by atoms with Gasteiger partial charge in [0.25, 0.3) is 0 Å². The van der Waals surface area contributed by atoms with Crippen molar-refractivity contribution in [2.24, 2.45) is 0 Å². The van der Waals surface area contributed by atoms with Gasteiger partial charge in [0.05, 0.1) is 6.04 Å². The quantitative estimate of drug-likeness (QED) is 0.432. The molecule has 2 heterocycles. The summed E-state index contributed by atoms with van der Waals surface area (Å²) in [5.74, 6) is 0. The number of rotatable bonds is 3. The Morgan fingerprint density at radius 3 is 2.20 bits per heavy atom. The largest absolute Gasteiger partial charge is 0.367 e. The van der Waals surface area contributed by atoms with E-state index < -0.39 is 0 Å². The molecule has 5 rings (SSSR count). The molecule has 0 saturated carbocycles. The summed E-state index contributed by atoms with van der Waals surface area (Å²) in [5, 5.41) is 0.927. The minimum absolute atomic E-state index is 0.0242. The summed E-state index contributed by atoms with van der Waals surface area (Å²) >= 11 is 7.02. The summed E-state index contributed by atoms with van der Waals surface area (Å²) in [5.41, 5.74) is 9.25. The lowest BCUT2D eigenvalue weighted by Gasteiger charge is -2.30. The van der Waals surface area contributed by atoms with E-state index >= 15 is 0 Å². The van der Waals surface area contributed by atoms with Gasteiger partial charge in [0.1, 0.15) is 0 Å². The fourth-order valence-corrected chi connectivity index (χ4v) is 6.70. The standard InChI is InChI=1S/C32H37ClN2/c1-31(2)24-14-7-9-16-26(24)34(5)28(31)20-18-22-12-11-13-23(30(22)33)19-21-29-32(3,4)25-15-8-10-17-27(25)35(29)6/h7-10,14-21,28H,11-13H2,1-6H3. The molecule has 3 heteroatoms. The topological polar surface area (TPSA) is 6.48 Å². The van der Waals surface area contributed by atoms with Crippen LogP contribution in [0, 0.1) is 0 Å². The highest BCUT2D eigenvalue weighted by molar-refractivity contribution is 6.32. The second kappa shape index (κ2) is 8.75. The van der Waals surface area contributed by atoms with Gasteiger partial charge in [-0.3, -0.25) is 0 Å². The van der Waals surface area contributed by atoms with Crippen molar-refractivity contribution in [1.82, 2.24) is 0 Å². The molecule has 1 aliphatic carbocycles. The first-order chi connectivity index (χ1) is 16.6. The highest BCUT2D eigenvalue weighted by atomic mass is 35.5. The molecule has 35 heavy (non-hydrogen) atoms. The van der Waals surface area contributed by atoms with E-state index in [0.29, 0.717) is 6.04 Å². The summed E-state index contributed by atoms with van der Waals surface area (Å²) in [6.07, 6.45) is 12.4. The molecule has 3 aliphatic rings. The Kier molecular flexibility index (Phi) is 6.00. The van der Waals surface area contributed by atoms with E-state index in [4.69, 9.17) is 11.6 Å². The van der Waals surface area contributed by atoms with Gasteiger partial charge in [-0.15, -0.1) is 0 Å². The van der Waals surface area contributed by atoms with E-state index in [-0.39, 0.29) is 10.8 Å². The van der Waals surface area contributed by atoms with Crippen LogP contribution in [-0.4, -0.2) is 20.1 Å². The van der Waals surface area contributed by atoms with Crippen LogP contribution in [0.2, 0.25) is 0 Å². The lowest BCUT2D eigenvalue weighted by Crippen LogP contribution is -2.37. The molecule has 0 N–H and O–H groups in total. The van der Waals surface area contributed by atoms with E-state index in [2.05, 4.69) is 124 Å². The number of anilines is 2. The molecule has 2 aromatic carbocycles. The molecular weight excluding hydrogens is 448 g/mol. The third kappa shape index (κ3) is 3.87. The molecule has 0 fully saturated rings. The van der Waals surface area contributed by atoms with Gasteiger partial charge in [0.15, 0.2) is 0 Å². The summed E-state index contributed by atoms with van der Waals surface area (Å²) in [4.78, 5) is 4.73. The van der Waals surface area contributed by atoms with E-state index in [1.54, 1.807) is 0 Å². The van der Waals surface area contributed by atoms with Crippen LogP contribution in [0.4, 0.5) is 11.4 Å². The number of halogens is 1. The lowest BCUT2D eigenvalue weighted by atomic mass is 9.80. The van der Waals surface area contributed by atoms with Crippen LogP contribution < -0.4 is 9.80 Å². The number of hydrogen-bond acceptors (Lipinski definition) is 2. The number of fused-ring (bicyclic) bond motifs is 2. The maximum absolute atomic E-state index is 7.02. The van der Waals surface area contributed by atoms with Gasteiger partial charge in [-0.25, -0.2) is 0 Å². The molecule has 182 valence electrons. The third-order valence-electron chi connectivity index (χ3n) is 8.45. The zero-order chi connectivity index (χ0) is 25.0. The Labute approximate surface area is 216 Å². The molecule has 1 unspecified atom stereocenters. The number of nitrogens with zero attached hydrogens (tertiary/aromatic N) is 2. The molecule has 0 aromatic heterocycles. The van der Waals surface area contributed by atoms with Gasteiger partial charge in [-0.05, 0) is 59.7 Å². The second-order valence-corrected chi connectivity index (χ2v) is 11.7. The van der Waals surface area contributed by atoms with Crippen LogP contribution in [0.15, 0.2) is 94.7 Å². The predicted molar refractivity (Wildman–Crippen MR) is 152 cm³/mol. The smallest absolute Gasteiger partial charge is 0.0565 e. The Morgan fingerprint density at radius 2 is 1.51 bits per heavy atom. The summed E-state index contributed by atoms with van der Waals surface area (Å²) < 4.78 is 0. The average Bonchev–Trinajstić information content (AvgIpc) is 3.16. The van der Waals surface area contributed by atoms with Crippen molar-refractivity contribution in [2.45, 2.75) is 63.8 Å². The minimum Gasteiger partial charge on any atom is -0.367 e. The zero-order valence-electron chi connectivity index (χ0n) is 21.9. The van der Waals surface area contributed by atoms with Crippen LogP contribution in [-0.2, 0) is 10.8 Å². The van der Waals surface area contributed by atoms with Gasteiger partial charge >= 0.3 is 0 Å². The van der Waals surface area contributed by atoms with Gasteiger partial charge in [0.2, 0.25) is 0 Å². The SMILES string of the molecule is CN1C(=CC=C2CCCC(C=CC3N(C)c4ccccc4C3(C)C)=C2Cl)C(C)(C)c2ccccc21. The molecule has 0 amide bonds. The normalized spacial score (nSPS) is 25.2. The van der Waals surface area contributed by atoms with Crippen LogP contribution in [0.1, 0.15) is 58.1 Å². The Hall–Kier alpha value is -2.71. The molecule has 2 aliphatic heterocycles. The average molecular weight is 485 g/mol. The first kappa shape index (κ1) is 24.0. The number of benzene rings is 2. The summed E-state index contributed by atoms with van der Waals surface area (Å²) in [7, 11) is 4.37. The fourth-order valence-electron chi connectivity index (χ4n) is 6.39. The van der Waals surface area contributed by atoms with Crippen molar-refractivity contribution in [3.8, 4) is 0 Å². The minimum atomic E-state index is -0.0242. The molecular formula is C32H37ClN2. The molecule has 2 nitrogen and oxygen atoms in total. The fraction of sp³-hybridized carbons (Fsp3) is 0.375. The van der Waals surface area contributed by atoms with Gasteiger partial charge in [-0.1, -0.05) is 93.9 Å². The Morgan fingerprint density at radius 1 is 0.857 bits per heavy atom. The van der Waals surface area contributed by atoms with Crippen LogP contribution in [0.25, 0.3) is 0 Å². The Balaban J connectivity index is 1.43. The van der Waals surface area contributed by atoms with Crippen molar-refractivity contribution in [3.63, 3.8) is 0 Å². The van der Waals surface area contributed by atoms with Gasteiger partial charge in [-0.2, -0.15) is 0 Å². The van der Waals surface area contributed by atoms with E-state index in [1.807, 2.05) is 0 Å². The lowest BCUT2D eigenvalue weighted by molar-refractivity contribution is 0.487. The summed E-state index contributed by atoms with van der Waals surface area (Å²) in [6.45, 7) is 9.31. The molecule has 2 aromatic rings. The monoisotopic (exact) mass is 484 g/mol. The van der Waals surface area contributed by atoms with Crippen molar-refractivity contribution in [3.05, 3.63) is 106 Å². The maximum atomic E-state index is 7.02. The molecule has 0 radical (unpaired) electrons. The Bertz CT molecular complexity index is 1270. The molecule has 0 spiro atoms. The zero-order valence-corrected chi connectivity index (χ0v) is 22.7. The molecule has 0 bridgehead atoms. The highest BCUT2D eigenvalue weighted by Gasteiger charge is 2.41. The number of likely N-dealkylation sites (N-methyl/N-ethyl adjacent to an activating group) is 2. The number of allylic oxidation sites excluding steroid dienone is 7. The van der Waals surface area contributed by atoms with Crippen molar-refractivity contribution < 1.29 is 0 Å². The van der Waals surface area contributed by atoms with Gasteiger partial charge < -0.3 is 9.80 Å². The van der Waals surface area contributed by atoms with E-state index in [0.717, 1.165) is 24.3 Å². The predicted octanol–water partition coefficient (Wildman–Crippen LogP) is 8.25. The van der Waals surface area contributed by atoms with E-state index in [1.165, 1.54) is 39.3 Å². The van der Waals surface area contributed by atoms with Crippen LogP contribution in [0.5, 0.6) is 0 Å². The van der Waals surface area contributed by atoms with Gasteiger partial charge in [0, 0.05) is 47.0 Å². The van der Waals surface area contributed by atoms with Crippen molar-refractivity contribution in [1.29, 1.82) is 0 Å². The first-order valence-corrected chi connectivity index (χ1v) is 13.2. The van der Waals surface area contributed by atoms with E-state index in [9.17, 15) is 0 Å². The number of para-hydroxylation sites is 2. The van der Waals surface area contributed by atoms with Crippen molar-refractivity contribution in [2.75, 3.05) is 23.9 Å². The molecule has 0 saturated heterocycles. The van der Waals surface area contributed by atoms with Crippen molar-refractivity contribution >= 4 is 23.0 Å². The van der Waals surface area contributed by atoms with Crippen LogP contribution >= 0.6 is 11.6 Å². The highest BCUT2D eigenvalue weighted by Crippen LogP contribution is 2.47. The maximum Gasteiger partial charge on any atom is 0.0565 e.